The van der Waals surface area contributed by atoms with Crippen LogP contribution in [0.2, 0.25) is 0 Å². The molecule has 0 saturated carbocycles. The molecular weight excluding hydrogens is 282 g/mol. The van der Waals surface area contributed by atoms with E-state index in [1.807, 2.05) is 12.1 Å². The molecule has 2 N–H and O–H groups in total. The van der Waals surface area contributed by atoms with E-state index in [4.69, 9.17) is 9.47 Å². The Balaban J connectivity index is 2.70. The first-order chi connectivity index (χ1) is 10.2. The number of hydrogen-bond acceptors (Lipinski definition) is 4. The maximum Gasteiger partial charge on any atom is 0.320 e. The van der Waals surface area contributed by atoms with E-state index in [0.29, 0.717) is 24.5 Å². The van der Waals surface area contributed by atoms with Crippen LogP contribution in [-0.2, 0) is 11.3 Å². The fourth-order valence-electron chi connectivity index (χ4n) is 2.10. The number of nitrogens with one attached hydrogen (secondary N) is 1. The molecule has 0 radical (unpaired) electrons. The largest absolute Gasteiger partial charge is 0.497 e. The third kappa shape index (κ3) is 6.35. The number of benzene rings is 1. The first kappa shape index (κ1) is 18.3. The molecule has 0 saturated heterocycles. The molecule has 0 bridgehead atoms. The second-order valence-electron chi connectivity index (χ2n) is 6.59. The maximum atomic E-state index is 11.4. The second kappa shape index (κ2) is 8.03. The van der Waals surface area contributed by atoms with Crippen molar-refractivity contribution >= 4 is 5.97 Å². The van der Waals surface area contributed by atoms with E-state index in [9.17, 15) is 9.90 Å². The van der Waals surface area contributed by atoms with Gasteiger partial charge in [0.25, 0.3) is 0 Å². The van der Waals surface area contributed by atoms with Gasteiger partial charge < -0.3 is 19.9 Å². The van der Waals surface area contributed by atoms with Crippen LogP contribution in [0.1, 0.15) is 39.2 Å². The van der Waals surface area contributed by atoms with Gasteiger partial charge in [-0.2, -0.15) is 0 Å². The zero-order chi connectivity index (χ0) is 16.8. The maximum absolute atomic E-state index is 11.4. The van der Waals surface area contributed by atoms with E-state index in [1.54, 1.807) is 20.3 Å². The molecule has 0 aromatic heterocycles. The monoisotopic (exact) mass is 309 g/mol. The van der Waals surface area contributed by atoms with Crippen molar-refractivity contribution in [3.8, 4) is 11.5 Å². The van der Waals surface area contributed by atoms with Crippen molar-refractivity contribution in [2.75, 3.05) is 14.2 Å². The molecule has 1 atom stereocenters. The average Bonchev–Trinajstić information content (AvgIpc) is 2.45. The molecule has 5 heteroatoms. The van der Waals surface area contributed by atoms with Crippen molar-refractivity contribution in [2.24, 2.45) is 5.41 Å². The number of rotatable bonds is 8. The number of hydrogen-bond donors (Lipinski definition) is 2. The van der Waals surface area contributed by atoms with E-state index in [0.717, 1.165) is 12.0 Å². The number of aliphatic carboxylic acids is 1. The summed E-state index contributed by atoms with van der Waals surface area (Å²) in [5.41, 5.74) is 1.05. The molecule has 1 rings (SSSR count). The predicted octanol–water partition coefficient (Wildman–Crippen LogP) is 3.07. The summed E-state index contributed by atoms with van der Waals surface area (Å²) in [5, 5.41) is 12.4. The van der Waals surface area contributed by atoms with Gasteiger partial charge in [0.2, 0.25) is 0 Å². The number of ether oxygens (including phenoxy) is 2. The lowest BCUT2D eigenvalue weighted by atomic mass is 9.88. The number of carbonyl (C=O) groups is 1. The zero-order valence-electron chi connectivity index (χ0n) is 14.1. The quantitative estimate of drug-likeness (QED) is 0.772. The van der Waals surface area contributed by atoms with Crippen LogP contribution in [0.3, 0.4) is 0 Å². The van der Waals surface area contributed by atoms with E-state index in [1.165, 1.54) is 0 Å². The summed E-state index contributed by atoms with van der Waals surface area (Å²) in [7, 11) is 3.19. The third-order valence-corrected chi connectivity index (χ3v) is 3.44. The van der Waals surface area contributed by atoms with Gasteiger partial charge in [0, 0.05) is 12.6 Å². The van der Waals surface area contributed by atoms with E-state index in [2.05, 4.69) is 26.1 Å². The summed E-state index contributed by atoms with van der Waals surface area (Å²) < 4.78 is 10.4. The van der Waals surface area contributed by atoms with Gasteiger partial charge >= 0.3 is 5.97 Å². The highest BCUT2D eigenvalue weighted by Crippen LogP contribution is 2.24. The summed E-state index contributed by atoms with van der Waals surface area (Å²) in [6, 6.07) is 4.98. The van der Waals surface area contributed by atoms with Crippen molar-refractivity contribution in [2.45, 2.75) is 46.2 Å². The van der Waals surface area contributed by atoms with Crippen LogP contribution in [0.25, 0.3) is 0 Å². The van der Waals surface area contributed by atoms with E-state index >= 15 is 0 Å². The van der Waals surface area contributed by atoms with Crippen LogP contribution in [-0.4, -0.2) is 31.3 Å². The minimum absolute atomic E-state index is 0.120. The second-order valence-corrected chi connectivity index (χ2v) is 6.59. The van der Waals surface area contributed by atoms with Gasteiger partial charge in [-0.05, 0) is 36.0 Å². The van der Waals surface area contributed by atoms with Crippen molar-refractivity contribution in [3.63, 3.8) is 0 Å². The standard InChI is InChI=1S/C17H27NO4/c1-17(2,3)7-6-15(16(19)20)18-11-12-8-13(21-4)10-14(9-12)22-5/h8-10,15,18H,6-7,11H2,1-5H3,(H,19,20). The van der Waals surface area contributed by atoms with Crippen LogP contribution in [0.4, 0.5) is 0 Å². The Labute approximate surface area is 132 Å². The third-order valence-electron chi connectivity index (χ3n) is 3.44. The minimum atomic E-state index is -0.820. The summed E-state index contributed by atoms with van der Waals surface area (Å²) in [6.07, 6.45) is 1.44. The van der Waals surface area contributed by atoms with Crippen molar-refractivity contribution in [1.29, 1.82) is 0 Å². The molecule has 0 heterocycles. The van der Waals surface area contributed by atoms with E-state index in [-0.39, 0.29) is 5.41 Å². The molecule has 0 aliphatic carbocycles. The Hall–Kier alpha value is -1.75. The van der Waals surface area contributed by atoms with Gasteiger partial charge in [0.05, 0.1) is 14.2 Å². The van der Waals surface area contributed by atoms with Crippen molar-refractivity contribution in [1.82, 2.24) is 5.32 Å². The normalized spacial score (nSPS) is 12.8. The molecule has 0 amide bonds. The van der Waals surface area contributed by atoms with Crippen molar-refractivity contribution in [3.05, 3.63) is 23.8 Å². The van der Waals surface area contributed by atoms with Crippen LogP contribution in [0.15, 0.2) is 18.2 Å². The topological polar surface area (TPSA) is 67.8 Å². The lowest BCUT2D eigenvalue weighted by molar-refractivity contribution is -0.139. The lowest BCUT2D eigenvalue weighted by Crippen LogP contribution is -2.37. The molecular formula is C17H27NO4. The summed E-state index contributed by atoms with van der Waals surface area (Å²) in [6.45, 7) is 6.78. The molecule has 5 nitrogen and oxygen atoms in total. The van der Waals surface area contributed by atoms with Gasteiger partial charge in [-0.3, -0.25) is 4.79 Å². The molecule has 1 aromatic carbocycles. The molecule has 0 aliphatic rings. The van der Waals surface area contributed by atoms with Gasteiger partial charge in [-0.25, -0.2) is 0 Å². The fraction of sp³-hybridized carbons (Fsp3) is 0.588. The highest BCUT2D eigenvalue weighted by Gasteiger charge is 2.20. The smallest absolute Gasteiger partial charge is 0.320 e. The highest BCUT2D eigenvalue weighted by molar-refractivity contribution is 5.73. The van der Waals surface area contributed by atoms with Gasteiger partial charge in [0.15, 0.2) is 0 Å². The Morgan fingerprint density at radius 1 is 1.18 bits per heavy atom. The molecule has 0 spiro atoms. The van der Waals surface area contributed by atoms with Crippen LogP contribution in [0, 0.1) is 5.41 Å². The lowest BCUT2D eigenvalue weighted by Gasteiger charge is -2.21. The SMILES string of the molecule is COc1cc(CNC(CCC(C)(C)C)C(=O)O)cc(OC)c1. The molecule has 1 unspecified atom stereocenters. The summed E-state index contributed by atoms with van der Waals surface area (Å²) in [4.78, 5) is 11.4. The molecule has 1 aromatic rings. The fourth-order valence-corrected chi connectivity index (χ4v) is 2.10. The minimum Gasteiger partial charge on any atom is -0.497 e. The first-order valence-electron chi connectivity index (χ1n) is 7.43. The Bertz CT molecular complexity index is 472. The molecule has 0 aliphatic heterocycles. The zero-order valence-corrected chi connectivity index (χ0v) is 14.1. The van der Waals surface area contributed by atoms with Gasteiger partial charge in [-0.1, -0.05) is 20.8 Å². The van der Waals surface area contributed by atoms with Gasteiger partial charge in [0.1, 0.15) is 17.5 Å². The number of carboxylic acids is 1. The number of methoxy groups -OCH3 is 2. The first-order valence-corrected chi connectivity index (χ1v) is 7.43. The Morgan fingerprint density at radius 2 is 1.73 bits per heavy atom. The van der Waals surface area contributed by atoms with E-state index < -0.39 is 12.0 Å². The summed E-state index contributed by atoms with van der Waals surface area (Å²) in [5.74, 6) is 0.564. The molecule has 0 fully saturated rings. The van der Waals surface area contributed by atoms with Crippen LogP contribution in [0.5, 0.6) is 11.5 Å². The Kier molecular flexibility index (Phi) is 6.68. The Morgan fingerprint density at radius 3 is 2.14 bits per heavy atom. The van der Waals surface area contributed by atoms with Gasteiger partial charge in [-0.15, -0.1) is 0 Å². The van der Waals surface area contributed by atoms with Crippen LogP contribution < -0.4 is 14.8 Å². The van der Waals surface area contributed by atoms with Crippen LogP contribution >= 0.6 is 0 Å². The highest BCUT2D eigenvalue weighted by atomic mass is 16.5. The van der Waals surface area contributed by atoms with Crippen molar-refractivity contribution < 1.29 is 19.4 Å². The predicted molar refractivity (Wildman–Crippen MR) is 86.5 cm³/mol. The average molecular weight is 309 g/mol. The molecule has 22 heavy (non-hydrogen) atoms. The number of carboxylic acid groups (broad SMARTS) is 1. The molecule has 124 valence electrons. The summed E-state index contributed by atoms with van der Waals surface area (Å²) >= 11 is 0.